The van der Waals surface area contributed by atoms with Crippen molar-refractivity contribution in [3.63, 3.8) is 0 Å². The highest BCUT2D eigenvalue weighted by molar-refractivity contribution is 7.71. The molecule has 1 aromatic carbocycles. The van der Waals surface area contributed by atoms with Crippen molar-refractivity contribution in [3.8, 4) is 0 Å². The number of hydrogen-bond acceptors (Lipinski definition) is 4. The van der Waals surface area contributed by atoms with Crippen molar-refractivity contribution in [2.75, 3.05) is 13.1 Å². The summed E-state index contributed by atoms with van der Waals surface area (Å²) >= 11 is 5.81. The maximum atomic E-state index is 13.1. The molecule has 0 aliphatic carbocycles. The van der Waals surface area contributed by atoms with Gasteiger partial charge in [-0.3, -0.25) is 18.7 Å². The molecule has 28 heavy (non-hydrogen) atoms. The molecule has 1 aliphatic heterocycles. The third kappa shape index (κ3) is 3.53. The average Bonchev–Trinajstić information content (AvgIpc) is 3.02. The first-order valence-corrected chi connectivity index (χ1v) is 10.8. The van der Waals surface area contributed by atoms with E-state index in [1.165, 1.54) is 12.8 Å². The first kappa shape index (κ1) is 19.3. The Bertz CT molecular complexity index is 1090. The highest BCUT2D eigenvalue weighted by atomic mass is 32.1. The van der Waals surface area contributed by atoms with Gasteiger partial charge in [-0.05, 0) is 49.5 Å². The molecular weight excluding hydrogens is 370 g/mol. The standard InChI is InChI=1S/C21H29N5OS/c1-3-4-7-12-24-19(27)17-8-5-6-9-18(17)26-20(24)22-25(21(26)28)15-23-13-10-16(2)11-14-23/h5-6,8-9,16H,3-4,7,10-15H2,1-2H3. The maximum absolute atomic E-state index is 13.1. The zero-order chi connectivity index (χ0) is 19.7. The van der Waals surface area contributed by atoms with Gasteiger partial charge in [0.2, 0.25) is 10.5 Å². The largest absolute Gasteiger partial charge is 0.284 e. The molecule has 1 saturated heterocycles. The highest BCUT2D eigenvalue weighted by Crippen LogP contribution is 2.18. The fourth-order valence-electron chi connectivity index (χ4n) is 4.07. The van der Waals surface area contributed by atoms with Gasteiger partial charge in [-0.25, -0.2) is 4.68 Å². The van der Waals surface area contributed by atoms with Crippen molar-refractivity contribution in [2.45, 2.75) is 59.2 Å². The Kier molecular flexibility index (Phi) is 5.64. The predicted molar refractivity (Wildman–Crippen MR) is 115 cm³/mol. The lowest BCUT2D eigenvalue weighted by molar-refractivity contribution is 0.146. The van der Waals surface area contributed by atoms with Crippen LogP contribution in [0, 0.1) is 10.7 Å². The molecule has 150 valence electrons. The fraction of sp³-hybridized carbons (Fsp3) is 0.571. The Hall–Kier alpha value is -1.99. The van der Waals surface area contributed by atoms with Gasteiger partial charge in [-0.15, -0.1) is 5.10 Å². The third-order valence-electron chi connectivity index (χ3n) is 5.88. The molecule has 6 nitrogen and oxygen atoms in total. The minimum Gasteiger partial charge on any atom is -0.284 e. The van der Waals surface area contributed by atoms with Gasteiger partial charge >= 0.3 is 0 Å². The molecule has 0 amide bonds. The molecule has 0 bridgehead atoms. The van der Waals surface area contributed by atoms with Crippen LogP contribution in [0.1, 0.15) is 46.0 Å². The van der Waals surface area contributed by atoms with Crippen LogP contribution in [-0.2, 0) is 13.2 Å². The van der Waals surface area contributed by atoms with Crippen molar-refractivity contribution in [3.05, 3.63) is 39.4 Å². The van der Waals surface area contributed by atoms with Gasteiger partial charge < -0.3 is 0 Å². The number of likely N-dealkylation sites (tertiary alicyclic amines) is 1. The normalized spacial score (nSPS) is 16.4. The maximum Gasteiger partial charge on any atom is 0.262 e. The Morgan fingerprint density at radius 2 is 1.93 bits per heavy atom. The lowest BCUT2D eigenvalue weighted by Gasteiger charge is -2.29. The van der Waals surface area contributed by atoms with E-state index in [0.717, 1.165) is 43.8 Å². The Labute approximate surface area is 170 Å². The number of para-hydroxylation sites is 1. The number of benzene rings is 1. The van der Waals surface area contributed by atoms with Crippen LogP contribution in [0.3, 0.4) is 0 Å². The molecule has 0 radical (unpaired) electrons. The number of aromatic nitrogens is 4. The summed E-state index contributed by atoms with van der Waals surface area (Å²) in [5.74, 6) is 1.45. The second-order valence-corrected chi connectivity index (χ2v) is 8.41. The van der Waals surface area contributed by atoms with Crippen LogP contribution in [0.5, 0.6) is 0 Å². The molecule has 7 heteroatoms. The monoisotopic (exact) mass is 399 g/mol. The molecule has 0 unspecified atom stereocenters. The topological polar surface area (TPSA) is 47.5 Å². The minimum atomic E-state index is 0.0261. The van der Waals surface area contributed by atoms with E-state index in [0.29, 0.717) is 29.1 Å². The van der Waals surface area contributed by atoms with Crippen molar-refractivity contribution in [2.24, 2.45) is 5.92 Å². The van der Waals surface area contributed by atoms with Crippen LogP contribution in [0.2, 0.25) is 0 Å². The van der Waals surface area contributed by atoms with Gasteiger partial charge in [0.15, 0.2) is 0 Å². The Balaban J connectivity index is 1.82. The lowest BCUT2D eigenvalue weighted by atomic mass is 10.00. The molecule has 0 saturated carbocycles. The molecule has 1 fully saturated rings. The van der Waals surface area contributed by atoms with E-state index in [1.807, 2.05) is 37.9 Å². The zero-order valence-electron chi connectivity index (χ0n) is 16.8. The SMILES string of the molecule is CCCCCn1c(=O)c2ccccc2n2c(=S)n(CN3CCC(C)CC3)nc12. The van der Waals surface area contributed by atoms with Crippen LogP contribution >= 0.6 is 12.2 Å². The molecular formula is C21H29N5OS. The van der Waals surface area contributed by atoms with Crippen molar-refractivity contribution in [1.29, 1.82) is 0 Å². The summed E-state index contributed by atoms with van der Waals surface area (Å²) in [6, 6.07) is 7.71. The number of rotatable bonds is 6. The van der Waals surface area contributed by atoms with Crippen LogP contribution in [0.15, 0.2) is 29.1 Å². The van der Waals surface area contributed by atoms with Crippen molar-refractivity contribution >= 4 is 28.9 Å². The summed E-state index contributed by atoms with van der Waals surface area (Å²) < 4.78 is 6.34. The van der Waals surface area contributed by atoms with Crippen LogP contribution in [0.4, 0.5) is 0 Å². The molecule has 0 atom stereocenters. The van der Waals surface area contributed by atoms with Gasteiger partial charge in [0, 0.05) is 19.6 Å². The van der Waals surface area contributed by atoms with Crippen molar-refractivity contribution < 1.29 is 0 Å². The summed E-state index contributed by atoms with van der Waals surface area (Å²) in [4.78, 5) is 15.5. The first-order valence-electron chi connectivity index (χ1n) is 10.4. The van der Waals surface area contributed by atoms with Gasteiger partial charge in [0.1, 0.15) is 0 Å². The van der Waals surface area contributed by atoms with Gasteiger partial charge in [0.05, 0.1) is 17.6 Å². The van der Waals surface area contributed by atoms with E-state index in [9.17, 15) is 4.79 Å². The molecule has 0 spiro atoms. The van der Waals surface area contributed by atoms with E-state index in [4.69, 9.17) is 17.3 Å². The smallest absolute Gasteiger partial charge is 0.262 e. The van der Waals surface area contributed by atoms with Gasteiger partial charge in [-0.1, -0.05) is 38.8 Å². The predicted octanol–water partition coefficient (Wildman–Crippen LogP) is 4.06. The van der Waals surface area contributed by atoms with E-state index in [-0.39, 0.29) is 5.56 Å². The van der Waals surface area contributed by atoms with Crippen molar-refractivity contribution in [1.82, 2.24) is 23.6 Å². The second-order valence-electron chi connectivity index (χ2n) is 8.04. The average molecular weight is 400 g/mol. The molecule has 3 aromatic rings. The summed E-state index contributed by atoms with van der Waals surface area (Å²) in [7, 11) is 0. The van der Waals surface area contributed by atoms with Crippen LogP contribution in [-0.4, -0.2) is 36.7 Å². The number of fused-ring (bicyclic) bond motifs is 3. The van der Waals surface area contributed by atoms with E-state index < -0.39 is 0 Å². The summed E-state index contributed by atoms with van der Waals surface area (Å²) in [6.45, 7) is 7.98. The first-order chi connectivity index (χ1) is 13.6. The lowest BCUT2D eigenvalue weighted by Crippen LogP contribution is -2.34. The molecule has 1 aliphatic rings. The Morgan fingerprint density at radius 3 is 2.68 bits per heavy atom. The van der Waals surface area contributed by atoms with Gasteiger partial charge in [0.25, 0.3) is 5.56 Å². The minimum absolute atomic E-state index is 0.0261. The molecule has 0 N–H and O–H groups in total. The summed E-state index contributed by atoms with van der Waals surface area (Å²) in [5, 5.41) is 5.51. The summed E-state index contributed by atoms with van der Waals surface area (Å²) in [5.41, 5.74) is 0.871. The summed E-state index contributed by atoms with van der Waals surface area (Å²) in [6.07, 6.45) is 5.61. The number of hydrogen-bond donors (Lipinski definition) is 0. The quantitative estimate of drug-likeness (QED) is 0.463. The van der Waals surface area contributed by atoms with E-state index >= 15 is 0 Å². The van der Waals surface area contributed by atoms with Crippen LogP contribution < -0.4 is 5.56 Å². The number of piperidine rings is 1. The number of nitrogens with zero attached hydrogens (tertiary/aromatic N) is 5. The van der Waals surface area contributed by atoms with Gasteiger partial charge in [-0.2, -0.15) is 0 Å². The zero-order valence-corrected chi connectivity index (χ0v) is 17.6. The molecule has 4 rings (SSSR count). The Morgan fingerprint density at radius 1 is 1.18 bits per heavy atom. The molecule has 3 heterocycles. The highest BCUT2D eigenvalue weighted by Gasteiger charge is 2.19. The second kappa shape index (κ2) is 8.17. The molecule has 2 aromatic heterocycles. The fourth-order valence-corrected chi connectivity index (χ4v) is 4.35. The number of unbranched alkanes of at least 4 members (excludes halogenated alkanes) is 2. The van der Waals surface area contributed by atoms with E-state index in [1.54, 1.807) is 0 Å². The third-order valence-corrected chi connectivity index (χ3v) is 6.27. The number of aryl methyl sites for hydroxylation is 1. The van der Waals surface area contributed by atoms with Crippen LogP contribution in [0.25, 0.3) is 16.7 Å². The van der Waals surface area contributed by atoms with E-state index in [2.05, 4.69) is 18.7 Å².